The number of nitrogens with zero attached hydrogens (tertiary/aromatic N) is 5. The van der Waals surface area contributed by atoms with Crippen LogP contribution in [0.25, 0.3) is 0 Å². The topological polar surface area (TPSA) is 101 Å². The molecular formula is C18H24F3N5O4S. The second-order valence-corrected chi connectivity index (χ2v) is 7.93. The zero-order chi connectivity index (χ0) is 23.2. The number of thiophene rings is 1. The number of fused-ring (bicyclic) bond motifs is 1. The molecule has 2 aromatic heterocycles. The minimum atomic E-state index is -5.08. The minimum Gasteiger partial charge on any atom is -0.475 e. The first kappa shape index (κ1) is 24.8. The molecule has 3 heterocycles. The molecular weight excluding hydrogens is 439 g/mol. The van der Waals surface area contributed by atoms with Crippen LogP contribution in [0.3, 0.4) is 0 Å². The number of hydrogen-bond donors (Lipinski definition) is 1. The molecule has 1 atom stereocenters. The first-order chi connectivity index (χ1) is 14.5. The zero-order valence-corrected chi connectivity index (χ0v) is 18.1. The number of carbonyl (C=O) groups is 2. The number of likely N-dealkylation sites (N-methyl/N-ethyl adjacent to an activating group) is 1. The Morgan fingerprint density at radius 2 is 2.06 bits per heavy atom. The first-order valence-corrected chi connectivity index (χ1v) is 10.1. The Morgan fingerprint density at radius 1 is 1.39 bits per heavy atom. The number of alkyl halides is 3. The molecule has 1 amide bonds. The maximum Gasteiger partial charge on any atom is 0.490 e. The number of aliphatic carboxylic acids is 1. The molecule has 0 saturated heterocycles. The Bertz CT molecular complexity index is 870. The molecule has 1 aliphatic rings. The highest BCUT2D eigenvalue weighted by Gasteiger charge is 2.38. The molecule has 0 radical (unpaired) electrons. The van der Waals surface area contributed by atoms with Gasteiger partial charge in [-0.3, -0.25) is 14.4 Å². The molecule has 0 aliphatic carbocycles. The molecule has 9 nitrogen and oxygen atoms in total. The summed E-state index contributed by atoms with van der Waals surface area (Å²) in [4.78, 5) is 24.5. The van der Waals surface area contributed by atoms with Crippen LogP contribution >= 0.6 is 11.3 Å². The van der Waals surface area contributed by atoms with E-state index in [2.05, 4.69) is 32.0 Å². The van der Waals surface area contributed by atoms with Crippen LogP contribution in [0.2, 0.25) is 0 Å². The number of halogens is 3. The highest BCUT2D eigenvalue weighted by molar-refractivity contribution is 7.07. The summed E-state index contributed by atoms with van der Waals surface area (Å²) in [7, 11) is 5.38. The van der Waals surface area contributed by atoms with Gasteiger partial charge >= 0.3 is 12.1 Å². The molecule has 31 heavy (non-hydrogen) atoms. The van der Waals surface area contributed by atoms with Crippen LogP contribution in [-0.4, -0.2) is 81.8 Å². The molecule has 172 valence electrons. The summed E-state index contributed by atoms with van der Waals surface area (Å²) in [6.07, 6.45) is -5.08. The smallest absolute Gasteiger partial charge is 0.475 e. The normalized spacial score (nSPS) is 16.3. The van der Waals surface area contributed by atoms with Gasteiger partial charge in [0.25, 0.3) is 0 Å². The standard InChI is InChI=1S/C16H23N5O2S.C2HF3O2/c1-19(2)15(22)10-23-9-13-7-21(6-12-4-5-24-11-12)8-14-16(13)20(3)18-17-14;3-2(4,5)1(6)7/h4-5,11,13H,6-10H2,1-3H3;(H,6,7). The Kier molecular flexibility index (Phi) is 8.53. The van der Waals surface area contributed by atoms with Gasteiger partial charge in [0.05, 0.1) is 12.3 Å². The van der Waals surface area contributed by atoms with Gasteiger partial charge in [-0.25, -0.2) is 4.79 Å². The Morgan fingerprint density at radius 3 is 2.61 bits per heavy atom. The lowest BCUT2D eigenvalue weighted by Gasteiger charge is -2.32. The Labute approximate surface area is 181 Å². The second-order valence-electron chi connectivity index (χ2n) is 7.15. The number of hydrogen-bond acceptors (Lipinski definition) is 7. The molecule has 1 N–H and O–H groups in total. The number of ether oxygens (including phenoxy) is 1. The average Bonchev–Trinajstić information content (AvgIpc) is 3.31. The number of carboxylic acid groups (broad SMARTS) is 1. The van der Waals surface area contributed by atoms with Gasteiger partial charge in [-0.2, -0.15) is 24.5 Å². The predicted octanol–water partition coefficient (Wildman–Crippen LogP) is 1.71. The van der Waals surface area contributed by atoms with Crippen molar-refractivity contribution in [3.05, 3.63) is 33.8 Å². The van der Waals surface area contributed by atoms with Crippen LogP contribution in [0.1, 0.15) is 22.9 Å². The fourth-order valence-electron chi connectivity index (χ4n) is 3.00. The number of aromatic nitrogens is 3. The van der Waals surface area contributed by atoms with Gasteiger partial charge in [-0.1, -0.05) is 5.21 Å². The van der Waals surface area contributed by atoms with Gasteiger partial charge in [-0.05, 0) is 22.4 Å². The van der Waals surface area contributed by atoms with E-state index in [9.17, 15) is 18.0 Å². The van der Waals surface area contributed by atoms with Gasteiger partial charge in [0, 0.05) is 46.7 Å². The lowest BCUT2D eigenvalue weighted by atomic mass is 9.98. The lowest BCUT2D eigenvalue weighted by molar-refractivity contribution is -0.192. The van der Waals surface area contributed by atoms with Gasteiger partial charge in [0.2, 0.25) is 5.91 Å². The first-order valence-electron chi connectivity index (χ1n) is 9.19. The summed E-state index contributed by atoms with van der Waals surface area (Å²) in [5, 5.41) is 19.9. The van der Waals surface area contributed by atoms with Crippen molar-refractivity contribution in [3.63, 3.8) is 0 Å². The average molecular weight is 463 g/mol. The van der Waals surface area contributed by atoms with E-state index < -0.39 is 12.1 Å². The zero-order valence-electron chi connectivity index (χ0n) is 17.3. The molecule has 0 spiro atoms. The van der Waals surface area contributed by atoms with E-state index in [-0.39, 0.29) is 18.4 Å². The van der Waals surface area contributed by atoms with E-state index in [1.165, 1.54) is 5.56 Å². The van der Waals surface area contributed by atoms with Gasteiger partial charge in [0.1, 0.15) is 12.3 Å². The third kappa shape index (κ3) is 7.29. The van der Waals surface area contributed by atoms with Crippen molar-refractivity contribution < 1.29 is 32.6 Å². The summed E-state index contributed by atoms with van der Waals surface area (Å²) in [6, 6.07) is 2.15. The number of carbonyl (C=O) groups excluding carboxylic acids is 1. The van der Waals surface area contributed by atoms with Crippen molar-refractivity contribution in [1.82, 2.24) is 24.8 Å². The SMILES string of the molecule is CN(C)C(=O)COCC1CN(Cc2ccsc2)Cc2nnn(C)c21.O=C(O)C(F)(F)F. The van der Waals surface area contributed by atoms with Crippen LogP contribution in [0.5, 0.6) is 0 Å². The Balaban J connectivity index is 0.000000423. The van der Waals surface area contributed by atoms with Crippen LogP contribution < -0.4 is 0 Å². The van der Waals surface area contributed by atoms with Gasteiger partial charge in [-0.15, -0.1) is 5.10 Å². The van der Waals surface area contributed by atoms with Crippen molar-refractivity contribution in [2.24, 2.45) is 7.05 Å². The van der Waals surface area contributed by atoms with Crippen LogP contribution in [-0.2, 0) is 34.5 Å². The highest BCUT2D eigenvalue weighted by Crippen LogP contribution is 2.28. The van der Waals surface area contributed by atoms with Crippen LogP contribution in [0, 0.1) is 0 Å². The fraction of sp³-hybridized carbons (Fsp3) is 0.556. The molecule has 2 aromatic rings. The highest BCUT2D eigenvalue weighted by atomic mass is 32.1. The number of rotatable bonds is 6. The summed E-state index contributed by atoms with van der Waals surface area (Å²) in [5.74, 6) is -2.61. The van der Waals surface area contributed by atoms with E-state index in [1.54, 1.807) is 30.3 Å². The third-order valence-electron chi connectivity index (χ3n) is 4.45. The van der Waals surface area contributed by atoms with Crippen molar-refractivity contribution in [1.29, 1.82) is 0 Å². The number of aryl methyl sites for hydroxylation is 1. The van der Waals surface area contributed by atoms with Gasteiger partial charge in [0.15, 0.2) is 0 Å². The maximum absolute atomic E-state index is 11.7. The molecule has 13 heteroatoms. The van der Waals surface area contributed by atoms with E-state index >= 15 is 0 Å². The van der Waals surface area contributed by atoms with E-state index in [4.69, 9.17) is 14.6 Å². The summed E-state index contributed by atoms with van der Waals surface area (Å²) < 4.78 is 39.2. The molecule has 1 unspecified atom stereocenters. The number of amides is 1. The third-order valence-corrected chi connectivity index (χ3v) is 5.19. The van der Waals surface area contributed by atoms with Crippen molar-refractivity contribution >= 4 is 23.2 Å². The van der Waals surface area contributed by atoms with Crippen molar-refractivity contribution in [2.75, 3.05) is 33.9 Å². The van der Waals surface area contributed by atoms with Gasteiger partial charge < -0.3 is 14.7 Å². The second kappa shape index (κ2) is 10.7. The largest absolute Gasteiger partial charge is 0.490 e. The quantitative estimate of drug-likeness (QED) is 0.696. The van der Waals surface area contributed by atoms with Crippen molar-refractivity contribution in [2.45, 2.75) is 25.2 Å². The Hall–Kier alpha value is -2.51. The van der Waals surface area contributed by atoms with E-state index in [0.717, 1.165) is 31.0 Å². The van der Waals surface area contributed by atoms with Crippen molar-refractivity contribution in [3.8, 4) is 0 Å². The molecule has 0 bridgehead atoms. The molecule has 3 rings (SSSR count). The molecule has 0 aromatic carbocycles. The summed E-state index contributed by atoms with van der Waals surface area (Å²) in [5.41, 5.74) is 3.44. The monoisotopic (exact) mass is 463 g/mol. The molecule has 1 aliphatic heterocycles. The molecule has 0 fully saturated rings. The van der Waals surface area contributed by atoms with E-state index in [1.807, 2.05) is 11.7 Å². The van der Waals surface area contributed by atoms with Crippen LogP contribution in [0.15, 0.2) is 16.8 Å². The summed E-state index contributed by atoms with van der Waals surface area (Å²) >= 11 is 1.71. The van der Waals surface area contributed by atoms with Crippen LogP contribution in [0.4, 0.5) is 13.2 Å². The van der Waals surface area contributed by atoms with E-state index in [0.29, 0.717) is 6.61 Å². The summed E-state index contributed by atoms with van der Waals surface area (Å²) in [6.45, 7) is 3.17. The number of carboxylic acids is 1. The molecule has 0 saturated carbocycles. The maximum atomic E-state index is 11.7. The predicted molar refractivity (Wildman–Crippen MR) is 105 cm³/mol. The fourth-order valence-corrected chi connectivity index (χ4v) is 3.66. The minimum absolute atomic E-state index is 0.0238. The lowest BCUT2D eigenvalue weighted by Crippen LogP contribution is -2.36.